The summed E-state index contributed by atoms with van der Waals surface area (Å²) in [5, 5.41) is 0. The van der Waals surface area contributed by atoms with E-state index >= 15 is 0 Å². The maximum Gasteiger partial charge on any atom is 0.573 e. The fraction of sp³-hybridized carbons (Fsp3) is 0.286. The van der Waals surface area contributed by atoms with Crippen LogP contribution in [0, 0.1) is 3.57 Å². The molecule has 0 atom stereocenters. The van der Waals surface area contributed by atoms with Crippen LogP contribution in [0.5, 0.6) is 5.75 Å². The molecule has 0 aliphatic rings. The number of halogens is 7. The van der Waals surface area contributed by atoms with Gasteiger partial charge in [0.25, 0.3) is 6.43 Å². The van der Waals surface area contributed by atoms with E-state index in [1.165, 1.54) is 22.6 Å². The molecule has 0 bridgehead atoms. The van der Waals surface area contributed by atoms with Crippen molar-refractivity contribution in [1.29, 1.82) is 0 Å². The zero-order valence-electron chi connectivity index (χ0n) is 7.16. The molecule has 0 unspecified atom stereocenters. The number of alkyl halides is 5. The number of aromatic nitrogens is 1. The summed E-state index contributed by atoms with van der Waals surface area (Å²) in [6.07, 6.45) is -7.15. The second kappa shape index (κ2) is 4.98. The molecular weight excluding hydrogens is 416 g/mol. The lowest BCUT2D eigenvalue weighted by Crippen LogP contribution is -2.18. The molecule has 0 spiro atoms. The Morgan fingerprint density at radius 3 is 2.38 bits per heavy atom. The van der Waals surface area contributed by atoms with Crippen molar-refractivity contribution in [1.82, 2.24) is 4.98 Å². The second-order valence-corrected chi connectivity index (χ2v) is 4.32. The minimum atomic E-state index is -4.94. The molecule has 2 nitrogen and oxygen atoms in total. The highest BCUT2D eigenvalue weighted by molar-refractivity contribution is 14.1. The molecule has 0 saturated carbocycles. The summed E-state index contributed by atoms with van der Waals surface area (Å²) in [4.78, 5) is 3.35. The smallest absolute Gasteiger partial charge is 0.403 e. The lowest BCUT2D eigenvalue weighted by molar-refractivity contribution is -0.275. The standard InChI is InChI=1S/C7H2BrF5INO/c8-5-3(6(9)10)4(14)2(1-15-5)16-7(11,12)13/h1,6H. The average molecular weight is 418 g/mol. The van der Waals surface area contributed by atoms with E-state index in [1.54, 1.807) is 0 Å². The highest BCUT2D eigenvalue weighted by Gasteiger charge is 2.33. The Morgan fingerprint density at radius 2 is 1.94 bits per heavy atom. The predicted octanol–water partition coefficient (Wildman–Crippen LogP) is 4.28. The quantitative estimate of drug-likeness (QED) is 0.407. The fourth-order valence-electron chi connectivity index (χ4n) is 0.846. The zero-order valence-corrected chi connectivity index (χ0v) is 10.9. The van der Waals surface area contributed by atoms with E-state index in [0.29, 0.717) is 0 Å². The number of rotatable bonds is 2. The van der Waals surface area contributed by atoms with Crippen molar-refractivity contribution in [2.75, 3.05) is 0 Å². The Labute approximate surface area is 108 Å². The van der Waals surface area contributed by atoms with Crippen LogP contribution in [0.1, 0.15) is 12.0 Å². The molecule has 1 rings (SSSR count). The summed E-state index contributed by atoms with van der Waals surface area (Å²) in [7, 11) is 0. The molecule has 16 heavy (non-hydrogen) atoms. The number of hydrogen-bond acceptors (Lipinski definition) is 2. The van der Waals surface area contributed by atoms with Crippen LogP contribution in [-0.4, -0.2) is 11.3 Å². The van der Waals surface area contributed by atoms with Gasteiger partial charge in [-0.2, -0.15) is 0 Å². The lowest BCUT2D eigenvalue weighted by Gasteiger charge is -2.13. The maximum atomic E-state index is 12.5. The third kappa shape index (κ3) is 3.40. The maximum absolute atomic E-state index is 12.5. The molecule has 0 N–H and O–H groups in total. The summed E-state index contributed by atoms with van der Waals surface area (Å²) in [6.45, 7) is 0. The Bertz CT molecular complexity index is 397. The Hall–Kier alpha value is -0.190. The van der Waals surface area contributed by atoms with Gasteiger partial charge in [-0.3, -0.25) is 0 Å². The van der Waals surface area contributed by atoms with Gasteiger partial charge in [-0.25, -0.2) is 13.8 Å². The minimum absolute atomic E-state index is 0.207. The van der Waals surface area contributed by atoms with Gasteiger partial charge in [0.15, 0.2) is 5.75 Å². The van der Waals surface area contributed by atoms with Gasteiger partial charge in [-0.05, 0) is 38.5 Å². The van der Waals surface area contributed by atoms with Crippen LogP contribution < -0.4 is 4.74 Å². The summed E-state index contributed by atoms with van der Waals surface area (Å²) in [5.74, 6) is -0.744. The number of pyridine rings is 1. The van der Waals surface area contributed by atoms with Crippen LogP contribution in [0.25, 0.3) is 0 Å². The van der Waals surface area contributed by atoms with Crippen molar-refractivity contribution in [2.45, 2.75) is 12.8 Å². The Morgan fingerprint density at radius 1 is 1.38 bits per heavy atom. The van der Waals surface area contributed by atoms with Gasteiger partial charge in [-0.15, -0.1) is 13.2 Å². The van der Waals surface area contributed by atoms with Gasteiger partial charge >= 0.3 is 6.36 Å². The molecule has 1 aromatic rings. The molecule has 1 heterocycles. The molecule has 0 aliphatic carbocycles. The summed E-state index contributed by atoms with van der Waals surface area (Å²) >= 11 is 4.08. The summed E-state index contributed by atoms with van der Waals surface area (Å²) in [6, 6.07) is 0. The van der Waals surface area contributed by atoms with E-state index in [4.69, 9.17) is 0 Å². The highest BCUT2D eigenvalue weighted by atomic mass is 127. The Balaban J connectivity index is 3.19. The van der Waals surface area contributed by atoms with E-state index < -0.39 is 24.1 Å². The van der Waals surface area contributed by atoms with E-state index in [-0.39, 0.29) is 8.17 Å². The van der Waals surface area contributed by atoms with Gasteiger partial charge < -0.3 is 4.74 Å². The van der Waals surface area contributed by atoms with Crippen molar-refractivity contribution in [3.05, 3.63) is 19.9 Å². The molecule has 0 fully saturated rings. The van der Waals surface area contributed by atoms with Gasteiger partial charge in [-0.1, -0.05) is 0 Å². The van der Waals surface area contributed by atoms with Crippen LogP contribution in [-0.2, 0) is 0 Å². The Kier molecular flexibility index (Phi) is 4.32. The first-order valence-corrected chi connectivity index (χ1v) is 5.47. The fourth-order valence-corrected chi connectivity index (χ4v) is 2.43. The van der Waals surface area contributed by atoms with Crippen molar-refractivity contribution in [3.8, 4) is 5.75 Å². The molecule has 0 saturated heterocycles. The molecule has 9 heteroatoms. The average Bonchev–Trinajstić information content (AvgIpc) is 2.07. The van der Waals surface area contributed by atoms with E-state index in [2.05, 4.69) is 25.7 Å². The zero-order chi connectivity index (χ0) is 12.5. The van der Waals surface area contributed by atoms with Gasteiger partial charge in [0.1, 0.15) is 4.60 Å². The third-order valence-corrected chi connectivity index (χ3v) is 3.16. The van der Waals surface area contributed by atoms with Gasteiger partial charge in [0.2, 0.25) is 0 Å². The number of nitrogens with zero attached hydrogens (tertiary/aromatic N) is 1. The lowest BCUT2D eigenvalue weighted by atomic mass is 10.3. The van der Waals surface area contributed by atoms with Crippen molar-refractivity contribution >= 4 is 38.5 Å². The molecular formula is C7H2BrF5INO. The molecule has 1 aromatic heterocycles. The van der Waals surface area contributed by atoms with Crippen LogP contribution in [0.2, 0.25) is 0 Å². The monoisotopic (exact) mass is 417 g/mol. The van der Waals surface area contributed by atoms with Gasteiger partial charge in [0, 0.05) is 0 Å². The van der Waals surface area contributed by atoms with Crippen molar-refractivity contribution < 1.29 is 26.7 Å². The first kappa shape index (κ1) is 13.9. The van der Waals surface area contributed by atoms with Crippen LogP contribution >= 0.6 is 38.5 Å². The normalized spacial score (nSPS) is 12.0. The van der Waals surface area contributed by atoms with Crippen LogP contribution in [0.3, 0.4) is 0 Å². The molecule has 0 radical (unpaired) electrons. The predicted molar refractivity (Wildman–Crippen MR) is 56.3 cm³/mol. The topological polar surface area (TPSA) is 22.1 Å². The molecule has 0 aliphatic heterocycles. The first-order valence-electron chi connectivity index (χ1n) is 3.60. The molecule has 0 amide bonds. The number of ether oxygens (including phenoxy) is 1. The third-order valence-electron chi connectivity index (χ3n) is 1.41. The summed E-state index contributed by atoms with van der Waals surface area (Å²) < 4.78 is 63.7. The molecule has 90 valence electrons. The van der Waals surface area contributed by atoms with E-state index in [0.717, 1.165) is 6.20 Å². The summed E-state index contributed by atoms with van der Waals surface area (Å²) in [5.41, 5.74) is -0.623. The van der Waals surface area contributed by atoms with E-state index in [1.807, 2.05) is 0 Å². The van der Waals surface area contributed by atoms with Crippen LogP contribution in [0.15, 0.2) is 10.8 Å². The largest absolute Gasteiger partial charge is 0.573 e. The minimum Gasteiger partial charge on any atom is -0.403 e. The van der Waals surface area contributed by atoms with Crippen molar-refractivity contribution in [3.63, 3.8) is 0 Å². The highest BCUT2D eigenvalue weighted by Crippen LogP contribution is 2.36. The SMILES string of the molecule is FC(F)c1c(Br)ncc(OC(F)(F)F)c1I. The van der Waals surface area contributed by atoms with Crippen LogP contribution in [0.4, 0.5) is 22.0 Å². The van der Waals surface area contributed by atoms with E-state index in [9.17, 15) is 22.0 Å². The van der Waals surface area contributed by atoms with Gasteiger partial charge in [0.05, 0.1) is 15.3 Å². The molecule has 0 aromatic carbocycles. The number of hydrogen-bond donors (Lipinski definition) is 0. The van der Waals surface area contributed by atoms with Crippen molar-refractivity contribution in [2.24, 2.45) is 0 Å². The second-order valence-electron chi connectivity index (χ2n) is 2.49. The first-order chi connectivity index (χ1) is 7.22.